The highest BCUT2D eigenvalue weighted by Gasteiger charge is 2.21. The van der Waals surface area contributed by atoms with Gasteiger partial charge in [0.05, 0.1) is 5.56 Å². The van der Waals surface area contributed by atoms with Crippen molar-refractivity contribution in [1.29, 1.82) is 5.26 Å². The van der Waals surface area contributed by atoms with Gasteiger partial charge in [-0.3, -0.25) is 4.99 Å². The van der Waals surface area contributed by atoms with Crippen LogP contribution in [0.5, 0.6) is 5.75 Å². The van der Waals surface area contributed by atoms with Gasteiger partial charge in [-0.05, 0) is 31.2 Å². The second kappa shape index (κ2) is 9.49. The van der Waals surface area contributed by atoms with Crippen molar-refractivity contribution in [3.05, 3.63) is 58.7 Å². The van der Waals surface area contributed by atoms with E-state index in [0.717, 1.165) is 18.2 Å². The van der Waals surface area contributed by atoms with Gasteiger partial charge < -0.3 is 27.0 Å². The minimum Gasteiger partial charge on any atom is -0.482 e. The molecule has 0 bridgehead atoms. The molecular formula is C20H21FN6O3. The van der Waals surface area contributed by atoms with E-state index in [-0.39, 0.29) is 46.2 Å². The molecule has 30 heavy (non-hydrogen) atoms. The number of anilines is 1. The molecule has 9 nitrogen and oxygen atoms in total. The Morgan fingerprint density at radius 1 is 1.43 bits per heavy atom. The number of ether oxygens (including phenoxy) is 1. The number of aromatic carboxylic acids is 1. The maximum Gasteiger partial charge on any atom is 0.336 e. The molecule has 0 unspecified atom stereocenters. The van der Waals surface area contributed by atoms with Crippen LogP contribution in [-0.4, -0.2) is 35.4 Å². The number of nitrogen functional groups attached to an aromatic ring is 1. The highest BCUT2D eigenvalue weighted by Crippen LogP contribution is 2.31. The third-order valence-corrected chi connectivity index (χ3v) is 4.26. The number of pyridine rings is 1. The van der Waals surface area contributed by atoms with Gasteiger partial charge in [-0.25, -0.2) is 14.2 Å². The minimum atomic E-state index is -1.22. The van der Waals surface area contributed by atoms with Crippen LogP contribution < -0.4 is 21.9 Å². The number of carboxylic acid groups (broad SMARTS) is 1. The van der Waals surface area contributed by atoms with Gasteiger partial charge in [0.2, 0.25) is 0 Å². The number of hydrogen-bond acceptors (Lipinski definition) is 8. The molecule has 0 fully saturated rings. The molecule has 0 amide bonds. The summed E-state index contributed by atoms with van der Waals surface area (Å²) in [4.78, 5) is 19.4. The first kappa shape index (κ1) is 22.3. The topological polar surface area (TPSA) is 174 Å². The molecule has 0 aliphatic rings. The summed E-state index contributed by atoms with van der Waals surface area (Å²) in [5.74, 6) is -1.73. The number of carbonyl (C=O) groups is 1. The van der Waals surface area contributed by atoms with E-state index in [4.69, 9.17) is 21.9 Å². The number of rotatable bonds is 7. The molecule has 0 saturated heterocycles. The number of nitrogens with two attached hydrogens (primary N) is 3. The summed E-state index contributed by atoms with van der Waals surface area (Å²) in [5, 5.41) is 18.7. The Morgan fingerprint density at radius 2 is 2.13 bits per heavy atom. The summed E-state index contributed by atoms with van der Waals surface area (Å²) in [6.07, 6.45) is 0.513. The summed E-state index contributed by atoms with van der Waals surface area (Å²) in [6.45, 7) is 1.52. The maximum atomic E-state index is 13.7. The van der Waals surface area contributed by atoms with Crippen LogP contribution in [0.3, 0.4) is 0 Å². The van der Waals surface area contributed by atoms with Crippen molar-refractivity contribution in [2.24, 2.45) is 16.5 Å². The van der Waals surface area contributed by atoms with Crippen LogP contribution in [0.2, 0.25) is 0 Å². The Bertz CT molecular complexity index is 1070. The Balaban J connectivity index is 2.52. The van der Waals surface area contributed by atoms with Gasteiger partial charge in [0.15, 0.2) is 11.6 Å². The van der Waals surface area contributed by atoms with E-state index in [0.29, 0.717) is 5.56 Å². The zero-order valence-electron chi connectivity index (χ0n) is 16.4. The molecule has 156 valence electrons. The smallest absolute Gasteiger partial charge is 0.336 e. The normalized spacial score (nSPS) is 13.2. The summed E-state index contributed by atoms with van der Waals surface area (Å²) >= 11 is 0. The number of nitriles is 1. The van der Waals surface area contributed by atoms with Gasteiger partial charge in [-0.2, -0.15) is 5.26 Å². The number of hydrogen-bond donors (Lipinski definition) is 4. The third-order valence-electron chi connectivity index (χ3n) is 4.26. The first-order valence-electron chi connectivity index (χ1n) is 8.74. The number of allylic oxidation sites excluding steroid dienone is 1. The quantitative estimate of drug-likeness (QED) is 0.498. The van der Waals surface area contributed by atoms with E-state index >= 15 is 0 Å². The third kappa shape index (κ3) is 4.71. The van der Waals surface area contributed by atoms with E-state index in [1.807, 2.05) is 6.07 Å². The average Bonchev–Trinajstić information content (AvgIpc) is 2.72. The Hall–Kier alpha value is -3.97. The van der Waals surface area contributed by atoms with Gasteiger partial charge in [-0.15, -0.1) is 0 Å². The highest BCUT2D eigenvalue weighted by molar-refractivity contribution is 6.32. The molecule has 1 atom stereocenters. The lowest BCUT2D eigenvalue weighted by Gasteiger charge is -2.19. The average molecular weight is 412 g/mol. The second-order valence-corrected chi connectivity index (χ2v) is 6.19. The van der Waals surface area contributed by atoms with Crippen molar-refractivity contribution in [3.8, 4) is 11.8 Å². The van der Waals surface area contributed by atoms with Crippen molar-refractivity contribution in [1.82, 2.24) is 4.98 Å². The lowest BCUT2D eigenvalue weighted by atomic mass is 10.0. The number of aliphatic imine (C=N–C) groups is 1. The van der Waals surface area contributed by atoms with Crippen LogP contribution in [0.15, 0.2) is 41.2 Å². The van der Waals surface area contributed by atoms with Crippen molar-refractivity contribution >= 4 is 23.1 Å². The van der Waals surface area contributed by atoms with E-state index in [1.165, 1.54) is 19.3 Å². The molecule has 2 rings (SSSR count). The summed E-state index contributed by atoms with van der Waals surface area (Å²) in [7, 11) is 1.43. The van der Waals surface area contributed by atoms with Gasteiger partial charge in [0, 0.05) is 42.2 Å². The molecule has 0 saturated carbocycles. The number of aromatic nitrogens is 1. The van der Waals surface area contributed by atoms with Crippen LogP contribution in [-0.2, 0) is 0 Å². The first-order chi connectivity index (χ1) is 14.2. The molecule has 1 heterocycles. The summed E-state index contributed by atoms with van der Waals surface area (Å²) < 4.78 is 19.5. The zero-order chi connectivity index (χ0) is 22.4. The van der Waals surface area contributed by atoms with Gasteiger partial charge in [-0.1, -0.05) is 0 Å². The maximum absolute atomic E-state index is 13.7. The Morgan fingerprint density at radius 3 is 2.70 bits per heavy atom. The van der Waals surface area contributed by atoms with E-state index < -0.39 is 17.9 Å². The monoisotopic (exact) mass is 412 g/mol. The molecule has 2 aromatic rings. The van der Waals surface area contributed by atoms with Crippen LogP contribution in [0.4, 0.5) is 10.2 Å². The second-order valence-electron chi connectivity index (χ2n) is 6.19. The largest absolute Gasteiger partial charge is 0.482 e. The van der Waals surface area contributed by atoms with Crippen molar-refractivity contribution in [3.63, 3.8) is 0 Å². The van der Waals surface area contributed by atoms with Crippen LogP contribution >= 0.6 is 0 Å². The molecule has 10 heteroatoms. The minimum absolute atomic E-state index is 0.0106. The molecule has 7 N–H and O–H groups in total. The standard InChI is InChI=1S/C20H21FN6O3/c1-10(14-6-12(21)3-4-13(14)20(28)29)30-17-5-11(9-27-19(17)25)18(15(24)7-22)16(8-23)26-2/h3-6,9-10H,7,22,24H2,1-2H3,(H2,25,27)(H,28,29)/t10-/m1/s1. The number of nitrogens with zero attached hydrogens (tertiary/aromatic N) is 3. The lowest BCUT2D eigenvalue weighted by Crippen LogP contribution is -2.17. The van der Waals surface area contributed by atoms with E-state index in [2.05, 4.69) is 9.98 Å². The number of benzene rings is 1. The molecular weight excluding hydrogens is 391 g/mol. The SMILES string of the molecule is CN=C(C#N)C(=C(N)CN)c1cnc(N)c(O[C@H](C)c2cc(F)ccc2C(=O)O)c1. The number of carboxylic acids is 1. The Labute approximate surface area is 172 Å². The molecule has 1 aromatic carbocycles. The van der Waals surface area contributed by atoms with Crippen molar-refractivity contribution in [2.75, 3.05) is 19.3 Å². The van der Waals surface area contributed by atoms with Gasteiger partial charge in [0.1, 0.15) is 23.7 Å². The predicted octanol–water partition coefficient (Wildman–Crippen LogP) is 1.86. The molecule has 0 aliphatic heterocycles. The van der Waals surface area contributed by atoms with E-state index in [1.54, 1.807) is 6.92 Å². The fraction of sp³-hybridized carbons (Fsp3) is 0.200. The van der Waals surface area contributed by atoms with Crippen LogP contribution in [0.1, 0.15) is 34.5 Å². The predicted molar refractivity (Wildman–Crippen MR) is 110 cm³/mol. The van der Waals surface area contributed by atoms with Gasteiger partial charge >= 0.3 is 5.97 Å². The zero-order valence-corrected chi connectivity index (χ0v) is 16.4. The fourth-order valence-electron chi connectivity index (χ4n) is 2.80. The molecule has 0 spiro atoms. The lowest BCUT2D eigenvalue weighted by molar-refractivity contribution is 0.0691. The fourth-order valence-corrected chi connectivity index (χ4v) is 2.80. The number of halogens is 1. The Kier molecular flexibility index (Phi) is 7.06. The summed E-state index contributed by atoms with van der Waals surface area (Å²) in [5.41, 5.74) is 18.4. The van der Waals surface area contributed by atoms with Crippen LogP contribution in [0, 0.1) is 17.1 Å². The highest BCUT2D eigenvalue weighted by atomic mass is 19.1. The molecule has 0 radical (unpaired) electrons. The first-order valence-corrected chi connectivity index (χ1v) is 8.74. The van der Waals surface area contributed by atoms with Gasteiger partial charge in [0.25, 0.3) is 0 Å². The summed E-state index contributed by atoms with van der Waals surface area (Å²) in [6, 6.07) is 6.72. The van der Waals surface area contributed by atoms with E-state index in [9.17, 15) is 19.6 Å². The van der Waals surface area contributed by atoms with Crippen molar-refractivity contribution < 1.29 is 19.0 Å². The molecule has 0 aliphatic carbocycles. The van der Waals surface area contributed by atoms with Crippen LogP contribution in [0.25, 0.3) is 5.57 Å². The molecule has 1 aromatic heterocycles. The van der Waals surface area contributed by atoms with Crippen molar-refractivity contribution in [2.45, 2.75) is 13.0 Å².